The van der Waals surface area contributed by atoms with Crippen LogP contribution < -0.4 is 4.74 Å². The van der Waals surface area contributed by atoms with E-state index in [-0.39, 0.29) is 11.9 Å². The van der Waals surface area contributed by atoms with Crippen LogP contribution in [0, 0.1) is 41.4 Å². The fraction of sp³-hybridized carbons (Fsp3) is 0.741. The Morgan fingerprint density at radius 1 is 0.759 bits per heavy atom. The van der Waals surface area contributed by atoms with Gasteiger partial charge >= 0.3 is 5.97 Å². The van der Waals surface area contributed by atoms with Gasteiger partial charge < -0.3 is 4.74 Å². The summed E-state index contributed by atoms with van der Waals surface area (Å²) in [5, 5.41) is 0. The second kappa shape index (κ2) is 7.43. The zero-order chi connectivity index (χ0) is 19.4. The fourth-order valence-electron chi connectivity index (χ4n) is 8.71. The summed E-state index contributed by atoms with van der Waals surface area (Å²) < 4.78 is 6.23. The van der Waals surface area contributed by atoms with Crippen molar-refractivity contribution in [3.63, 3.8) is 0 Å². The second-order valence-electron chi connectivity index (χ2n) is 10.8. The van der Waals surface area contributed by atoms with Gasteiger partial charge in [-0.1, -0.05) is 37.8 Å². The molecular weight excluding hydrogens is 356 g/mol. The topological polar surface area (TPSA) is 26.3 Å². The van der Waals surface area contributed by atoms with Crippen LogP contribution in [0.15, 0.2) is 18.2 Å². The molecule has 0 amide bonds. The first kappa shape index (κ1) is 18.5. The van der Waals surface area contributed by atoms with Crippen molar-refractivity contribution < 1.29 is 9.53 Å². The lowest BCUT2D eigenvalue weighted by Crippen LogP contribution is -2.58. The molecule has 0 heterocycles. The molecule has 6 aliphatic rings. The van der Waals surface area contributed by atoms with Crippen molar-refractivity contribution in [2.45, 2.75) is 83.5 Å². The Hall–Kier alpha value is -1.31. The molecule has 2 nitrogen and oxygen atoms in total. The van der Waals surface area contributed by atoms with Crippen LogP contribution in [0.1, 0.15) is 81.8 Å². The lowest BCUT2D eigenvalue weighted by Gasteiger charge is -2.62. The van der Waals surface area contributed by atoms with Crippen molar-refractivity contribution >= 4 is 5.97 Å². The van der Waals surface area contributed by atoms with Crippen molar-refractivity contribution in [3.8, 4) is 5.75 Å². The van der Waals surface area contributed by atoms with E-state index in [4.69, 9.17) is 4.74 Å². The van der Waals surface area contributed by atoms with Crippen molar-refractivity contribution in [1.29, 1.82) is 0 Å². The van der Waals surface area contributed by atoms with E-state index in [0.29, 0.717) is 5.92 Å². The average molecular weight is 393 g/mol. The molecule has 5 unspecified atom stereocenters. The molecule has 1 aromatic rings. The molecule has 5 saturated carbocycles. The predicted octanol–water partition coefficient (Wildman–Crippen LogP) is 6.35. The summed E-state index contributed by atoms with van der Waals surface area (Å²) in [6.07, 6.45) is 17.1. The fourth-order valence-corrected chi connectivity index (χ4v) is 8.71. The van der Waals surface area contributed by atoms with Gasteiger partial charge in [0.1, 0.15) is 5.75 Å². The Morgan fingerprint density at radius 3 is 2.14 bits per heavy atom. The molecule has 2 heteroatoms. The van der Waals surface area contributed by atoms with Gasteiger partial charge in [0.25, 0.3) is 0 Å². The smallest absolute Gasteiger partial charge is 0.314 e. The van der Waals surface area contributed by atoms with Gasteiger partial charge in [0.15, 0.2) is 0 Å². The first-order chi connectivity index (χ1) is 14.3. The van der Waals surface area contributed by atoms with Crippen LogP contribution in [0.4, 0.5) is 0 Å². The maximum atomic E-state index is 13.6. The quantitative estimate of drug-likeness (QED) is 0.433. The first-order valence-corrected chi connectivity index (χ1v) is 12.6. The summed E-state index contributed by atoms with van der Waals surface area (Å²) in [6, 6.07) is 6.37. The molecule has 7 rings (SSSR count). The molecule has 1 aromatic carbocycles. The standard InChI is InChI=1S/C27H36O2/c28-27(29-25-15-7-9-17-8-1-2-10-18(17)25)24-16-23-19-11-3-5-13-21(19)26(24)22-14-6-4-12-20(22)23/h7,9,15,19-24,26H,1-6,8,10-14,16H2. The van der Waals surface area contributed by atoms with Crippen molar-refractivity contribution in [2.24, 2.45) is 41.4 Å². The largest absolute Gasteiger partial charge is 0.426 e. The first-order valence-electron chi connectivity index (χ1n) is 12.6. The highest BCUT2D eigenvalue weighted by Crippen LogP contribution is 2.64. The molecule has 156 valence electrons. The van der Waals surface area contributed by atoms with E-state index < -0.39 is 0 Å². The predicted molar refractivity (Wildman–Crippen MR) is 115 cm³/mol. The molecule has 0 spiro atoms. The monoisotopic (exact) mass is 392 g/mol. The van der Waals surface area contributed by atoms with Crippen LogP contribution in [0.2, 0.25) is 0 Å². The number of hydrogen-bond donors (Lipinski definition) is 0. The summed E-state index contributed by atoms with van der Waals surface area (Å²) in [7, 11) is 0. The number of benzene rings is 1. The highest BCUT2D eigenvalue weighted by atomic mass is 16.5. The summed E-state index contributed by atoms with van der Waals surface area (Å²) in [5.41, 5.74) is 2.73. The Morgan fingerprint density at radius 2 is 1.41 bits per heavy atom. The Kier molecular flexibility index (Phi) is 4.73. The number of rotatable bonds is 2. The molecule has 5 fully saturated rings. The molecular formula is C27H36O2. The van der Waals surface area contributed by atoms with Gasteiger partial charge in [0.2, 0.25) is 0 Å². The van der Waals surface area contributed by atoms with Gasteiger partial charge in [0.05, 0.1) is 5.92 Å². The summed E-state index contributed by atoms with van der Waals surface area (Å²) in [5.74, 6) is 6.04. The van der Waals surface area contributed by atoms with Gasteiger partial charge in [-0.25, -0.2) is 0 Å². The van der Waals surface area contributed by atoms with Crippen LogP contribution in [-0.4, -0.2) is 5.97 Å². The van der Waals surface area contributed by atoms with E-state index in [1.54, 1.807) is 0 Å². The molecule has 0 saturated heterocycles. The highest BCUT2D eigenvalue weighted by molar-refractivity contribution is 5.76. The van der Waals surface area contributed by atoms with Crippen LogP contribution in [0.3, 0.4) is 0 Å². The van der Waals surface area contributed by atoms with Crippen molar-refractivity contribution in [2.75, 3.05) is 0 Å². The Labute approximate surface area is 175 Å². The third-order valence-electron chi connectivity index (χ3n) is 9.70. The lowest BCUT2D eigenvalue weighted by molar-refractivity contribution is -0.171. The van der Waals surface area contributed by atoms with E-state index in [1.165, 1.54) is 75.3 Å². The molecule has 5 atom stereocenters. The van der Waals surface area contributed by atoms with Gasteiger partial charge in [-0.3, -0.25) is 4.79 Å². The normalized spacial score (nSPS) is 40.5. The number of carbonyl (C=O) groups is 1. The number of esters is 1. The second-order valence-corrected chi connectivity index (χ2v) is 10.8. The highest BCUT2D eigenvalue weighted by Gasteiger charge is 2.59. The minimum Gasteiger partial charge on any atom is -0.426 e. The third kappa shape index (κ3) is 3.00. The number of hydrogen-bond acceptors (Lipinski definition) is 2. The maximum absolute atomic E-state index is 13.6. The van der Waals surface area contributed by atoms with Crippen LogP contribution >= 0.6 is 0 Å². The third-order valence-corrected chi connectivity index (χ3v) is 9.70. The minimum atomic E-state index is 0.118. The van der Waals surface area contributed by atoms with E-state index in [9.17, 15) is 4.79 Å². The van der Waals surface area contributed by atoms with E-state index in [2.05, 4.69) is 18.2 Å². The molecule has 6 aliphatic carbocycles. The molecule has 0 aromatic heterocycles. The van der Waals surface area contributed by atoms with Crippen LogP contribution in [0.25, 0.3) is 0 Å². The Balaban J connectivity index is 1.28. The zero-order valence-electron chi connectivity index (χ0n) is 17.8. The Bertz CT molecular complexity index is 759. The number of ether oxygens (including phenoxy) is 1. The average Bonchev–Trinajstić information content (AvgIpc) is 2.79. The van der Waals surface area contributed by atoms with Crippen LogP contribution in [0.5, 0.6) is 5.75 Å². The summed E-state index contributed by atoms with van der Waals surface area (Å²) in [6.45, 7) is 0. The van der Waals surface area contributed by atoms with Crippen molar-refractivity contribution in [1.82, 2.24) is 0 Å². The molecule has 0 radical (unpaired) electrons. The minimum absolute atomic E-state index is 0.118. The SMILES string of the molecule is O=C(Oc1cccc2c1CCCC2)C1CC2C3CCCCC3C1C1CCCCC21. The molecule has 0 N–H and O–H groups in total. The van der Waals surface area contributed by atoms with Gasteiger partial charge in [0, 0.05) is 0 Å². The molecule has 0 aliphatic heterocycles. The summed E-state index contributed by atoms with van der Waals surface area (Å²) in [4.78, 5) is 13.6. The van der Waals surface area contributed by atoms with E-state index in [1.807, 2.05) is 0 Å². The molecule has 29 heavy (non-hydrogen) atoms. The summed E-state index contributed by atoms with van der Waals surface area (Å²) >= 11 is 0. The van der Waals surface area contributed by atoms with Gasteiger partial charge in [-0.15, -0.1) is 0 Å². The number of fused-ring (bicyclic) bond motifs is 2. The zero-order valence-corrected chi connectivity index (χ0v) is 17.8. The van der Waals surface area contributed by atoms with Crippen LogP contribution in [-0.2, 0) is 17.6 Å². The van der Waals surface area contributed by atoms with Gasteiger partial charge in [-0.05, 0) is 110 Å². The number of aryl methyl sites for hydroxylation is 1. The molecule has 2 bridgehead atoms. The van der Waals surface area contributed by atoms with Gasteiger partial charge in [-0.2, -0.15) is 0 Å². The van der Waals surface area contributed by atoms with E-state index in [0.717, 1.165) is 54.6 Å². The lowest BCUT2D eigenvalue weighted by atomic mass is 9.42. The number of carbonyl (C=O) groups excluding carboxylic acids is 1. The maximum Gasteiger partial charge on any atom is 0.314 e. The van der Waals surface area contributed by atoms with E-state index >= 15 is 0 Å². The van der Waals surface area contributed by atoms with Crippen molar-refractivity contribution in [3.05, 3.63) is 29.3 Å².